The van der Waals surface area contributed by atoms with Gasteiger partial charge in [0.2, 0.25) is 10.0 Å². The zero-order valence-corrected chi connectivity index (χ0v) is 13.5. The van der Waals surface area contributed by atoms with E-state index in [4.69, 9.17) is 0 Å². The second kappa shape index (κ2) is 5.67. The summed E-state index contributed by atoms with van der Waals surface area (Å²) < 4.78 is 52.7. The molecule has 1 aliphatic heterocycles. The highest BCUT2D eigenvalue weighted by atomic mass is 79.9. The van der Waals surface area contributed by atoms with Gasteiger partial charge < -0.3 is 4.90 Å². The van der Waals surface area contributed by atoms with Gasteiger partial charge in [0.05, 0.1) is 4.90 Å². The molecule has 20 heavy (non-hydrogen) atoms. The predicted octanol–water partition coefficient (Wildman–Crippen LogP) is 2.05. The first-order chi connectivity index (χ1) is 9.23. The molecule has 0 N–H and O–H groups in total. The summed E-state index contributed by atoms with van der Waals surface area (Å²) in [6.45, 7) is 3.17. The van der Waals surface area contributed by atoms with Crippen LogP contribution in [0.25, 0.3) is 0 Å². The number of nitrogens with zero attached hydrogens (tertiary/aromatic N) is 2. The Bertz CT molecular complexity index is 624. The van der Waals surface area contributed by atoms with Gasteiger partial charge in [-0.05, 0) is 42.0 Å². The lowest BCUT2D eigenvalue weighted by molar-refractivity contribution is 0.159. The molecule has 1 unspecified atom stereocenters. The molecule has 1 aromatic carbocycles. The molecular formula is C12H15BrF2N2O2S. The highest BCUT2D eigenvalue weighted by molar-refractivity contribution is 9.10. The van der Waals surface area contributed by atoms with Crippen molar-refractivity contribution in [3.63, 3.8) is 0 Å². The number of halogens is 3. The van der Waals surface area contributed by atoms with Gasteiger partial charge in [0, 0.05) is 30.1 Å². The van der Waals surface area contributed by atoms with Gasteiger partial charge in [0.25, 0.3) is 0 Å². The van der Waals surface area contributed by atoms with E-state index >= 15 is 0 Å². The monoisotopic (exact) mass is 368 g/mol. The van der Waals surface area contributed by atoms with E-state index in [1.165, 1.54) is 4.31 Å². The lowest BCUT2D eigenvalue weighted by atomic mass is 10.2. The third-order valence-electron chi connectivity index (χ3n) is 3.52. The third-order valence-corrected chi connectivity index (χ3v) is 6.34. The van der Waals surface area contributed by atoms with Crippen LogP contribution in [0.5, 0.6) is 0 Å². The molecule has 0 radical (unpaired) electrons. The van der Waals surface area contributed by atoms with E-state index in [2.05, 4.69) is 15.9 Å². The molecule has 1 aromatic rings. The SMILES string of the molecule is CC1CN(S(=O)(=O)c2cc(F)c(F)cc2Br)CCN1C. The Morgan fingerprint density at radius 1 is 1.25 bits per heavy atom. The Labute approximate surface area is 125 Å². The number of benzene rings is 1. The van der Waals surface area contributed by atoms with Crippen LogP contribution in [-0.4, -0.2) is 50.3 Å². The highest BCUT2D eigenvalue weighted by Crippen LogP contribution is 2.28. The summed E-state index contributed by atoms with van der Waals surface area (Å²) in [6.07, 6.45) is 0. The van der Waals surface area contributed by atoms with E-state index < -0.39 is 21.7 Å². The van der Waals surface area contributed by atoms with Crippen molar-refractivity contribution in [3.05, 3.63) is 28.2 Å². The Balaban J connectivity index is 2.38. The van der Waals surface area contributed by atoms with Gasteiger partial charge in [-0.2, -0.15) is 4.31 Å². The zero-order chi connectivity index (χ0) is 15.1. The Morgan fingerprint density at radius 3 is 2.45 bits per heavy atom. The molecule has 0 spiro atoms. The molecule has 1 atom stereocenters. The number of rotatable bonds is 2. The molecule has 1 heterocycles. The van der Waals surface area contributed by atoms with Gasteiger partial charge >= 0.3 is 0 Å². The molecule has 0 saturated carbocycles. The Hall–Kier alpha value is -0.570. The van der Waals surface area contributed by atoms with Crippen LogP contribution in [0.3, 0.4) is 0 Å². The summed E-state index contributed by atoms with van der Waals surface area (Å²) in [7, 11) is -1.92. The topological polar surface area (TPSA) is 40.6 Å². The minimum absolute atomic E-state index is 0.0305. The van der Waals surface area contributed by atoms with E-state index in [0.717, 1.165) is 12.1 Å². The first-order valence-electron chi connectivity index (χ1n) is 6.08. The maximum absolute atomic E-state index is 13.3. The van der Waals surface area contributed by atoms with Crippen LogP contribution in [0, 0.1) is 11.6 Å². The van der Waals surface area contributed by atoms with Gasteiger partial charge in [-0.1, -0.05) is 0 Å². The van der Waals surface area contributed by atoms with Crippen molar-refractivity contribution >= 4 is 26.0 Å². The second-order valence-electron chi connectivity index (χ2n) is 4.89. The summed E-state index contributed by atoms with van der Waals surface area (Å²) in [5.74, 6) is -2.25. The van der Waals surface area contributed by atoms with Gasteiger partial charge in [0.1, 0.15) is 0 Å². The standard InChI is InChI=1S/C12H15BrF2N2O2S/c1-8-7-17(4-3-16(8)2)20(18,19)12-6-11(15)10(14)5-9(12)13/h5-6,8H,3-4,7H2,1-2H3. The molecular weight excluding hydrogens is 354 g/mol. The second-order valence-corrected chi connectivity index (χ2v) is 7.65. The maximum atomic E-state index is 13.3. The van der Waals surface area contributed by atoms with Crippen LogP contribution in [0.1, 0.15) is 6.92 Å². The van der Waals surface area contributed by atoms with Crippen LogP contribution >= 0.6 is 15.9 Å². The fourth-order valence-corrected chi connectivity index (χ4v) is 4.57. The fraction of sp³-hybridized carbons (Fsp3) is 0.500. The van der Waals surface area contributed by atoms with E-state index in [1.54, 1.807) is 0 Å². The molecule has 112 valence electrons. The minimum atomic E-state index is -3.84. The Kier molecular flexibility index (Phi) is 4.48. The summed E-state index contributed by atoms with van der Waals surface area (Å²) in [6, 6.07) is 1.63. The Morgan fingerprint density at radius 2 is 1.85 bits per heavy atom. The molecule has 2 rings (SSSR count). The number of hydrogen-bond acceptors (Lipinski definition) is 3. The fourth-order valence-electron chi connectivity index (χ4n) is 2.07. The number of likely N-dealkylation sites (N-methyl/N-ethyl adjacent to an activating group) is 1. The molecule has 0 amide bonds. The molecule has 4 nitrogen and oxygen atoms in total. The molecule has 0 aromatic heterocycles. The van der Waals surface area contributed by atoms with Crippen molar-refractivity contribution in [2.75, 3.05) is 26.7 Å². The van der Waals surface area contributed by atoms with Gasteiger partial charge in [0.15, 0.2) is 11.6 Å². The first kappa shape index (κ1) is 15.8. The van der Waals surface area contributed by atoms with Gasteiger partial charge in [-0.3, -0.25) is 0 Å². The molecule has 1 fully saturated rings. The van der Waals surface area contributed by atoms with Crippen molar-refractivity contribution in [2.45, 2.75) is 17.9 Å². The van der Waals surface area contributed by atoms with Crippen molar-refractivity contribution in [3.8, 4) is 0 Å². The highest BCUT2D eigenvalue weighted by Gasteiger charge is 2.32. The van der Waals surface area contributed by atoms with Crippen molar-refractivity contribution in [2.24, 2.45) is 0 Å². The van der Waals surface area contributed by atoms with E-state index in [-0.39, 0.29) is 15.4 Å². The lowest BCUT2D eigenvalue weighted by Gasteiger charge is -2.36. The number of sulfonamides is 1. The summed E-state index contributed by atoms with van der Waals surface area (Å²) in [5, 5.41) is 0. The lowest BCUT2D eigenvalue weighted by Crippen LogP contribution is -2.51. The van der Waals surface area contributed by atoms with Crippen molar-refractivity contribution in [1.29, 1.82) is 0 Å². The van der Waals surface area contributed by atoms with E-state index in [1.807, 2.05) is 18.9 Å². The minimum Gasteiger partial charge on any atom is -0.301 e. The summed E-state index contributed by atoms with van der Waals surface area (Å²) >= 11 is 2.99. The number of hydrogen-bond donors (Lipinski definition) is 0. The molecule has 0 aliphatic carbocycles. The average molecular weight is 369 g/mol. The molecule has 0 bridgehead atoms. The van der Waals surface area contributed by atoms with Crippen molar-refractivity contribution in [1.82, 2.24) is 9.21 Å². The van der Waals surface area contributed by atoms with Gasteiger partial charge in [-0.25, -0.2) is 17.2 Å². The first-order valence-corrected chi connectivity index (χ1v) is 8.31. The maximum Gasteiger partial charge on any atom is 0.244 e. The van der Waals surface area contributed by atoms with Crippen molar-refractivity contribution < 1.29 is 17.2 Å². The van der Waals surface area contributed by atoms with Crippen LogP contribution < -0.4 is 0 Å². The molecule has 1 saturated heterocycles. The van der Waals surface area contributed by atoms with Crippen LogP contribution in [0.15, 0.2) is 21.5 Å². The predicted molar refractivity (Wildman–Crippen MR) is 74.9 cm³/mol. The number of piperazine rings is 1. The van der Waals surface area contributed by atoms with E-state index in [9.17, 15) is 17.2 Å². The van der Waals surface area contributed by atoms with Crippen LogP contribution in [-0.2, 0) is 10.0 Å². The smallest absolute Gasteiger partial charge is 0.244 e. The largest absolute Gasteiger partial charge is 0.301 e. The summed E-state index contributed by atoms with van der Waals surface area (Å²) in [4.78, 5) is 1.81. The van der Waals surface area contributed by atoms with E-state index in [0.29, 0.717) is 19.6 Å². The van der Waals surface area contributed by atoms with Crippen LogP contribution in [0.2, 0.25) is 0 Å². The normalized spacial score (nSPS) is 22.1. The van der Waals surface area contributed by atoms with Gasteiger partial charge in [-0.15, -0.1) is 0 Å². The quantitative estimate of drug-likeness (QED) is 0.750. The average Bonchev–Trinajstić information content (AvgIpc) is 2.36. The van der Waals surface area contributed by atoms with Crippen LogP contribution in [0.4, 0.5) is 8.78 Å². The molecule has 1 aliphatic rings. The zero-order valence-electron chi connectivity index (χ0n) is 11.1. The third kappa shape index (κ3) is 2.88. The molecule has 8 heteroatoms. The summed E-state index contributed by atoms with van der Waals surface area (Å²) in [5.41, 5.74) is 0.